The maximum absolute atomic E-state index is 8.60. The molecule has 0 aromatic rings. The van der Waals surface area contributed by atoms with E-state index in [0.717, 1.165) is 5.57 Å². The average molecular weight is 189 g/mol. The van der Waals surface area contributed by atoms with E-state index in [1.165, 1.54) is 0 Å². The first-order valence-electron chi connectivity index (χ1n) is 4.25. The highest BCUT2D eigenvalue weighted by molar-refractivity contribution is 5.03. The summed E-state index contributed by atoms with van der Waals surface area (Å²) in [7, 11) is 3.09. The summed E-state index contributed by atoms with van der Waals surface area (Å²) in [4.78, 5) is 0. The summed E-state index contributed by atoms with van der Waals surface area (Å²) in [5, 5.41) is 11.6. The number of ether oxygens (including phenoxy) is 2. The molecule has 0 atom stereocenters. The first kappa shape index (κ1) is 12.6. The zero-order valence-electron chi connectivity index (χ0n) is 8.59. The third-order valence-corrected chi connectivity index (χ3v) is 1.83. The molecule has 0 bridgehead atoms. The number of aliphatic hydroxyl groups is 1. The van der Waals surface area contributed by atoms with Crippen LogP contribution in [0.15, 0.2) is 12.2 Å². The van der Waals surface area contributed by atoms with Gasteiger partial charge >= 0.3 is 0 Å². The van der Waals surface area contributed by atoms with Crippen LogP contribution in [0.2, 0.25) is 0 Å². The van der Waals surface area contributed by atoms with Crippen molar-refractivity contribution < 1.29 is 14.6 Å². The second-order valence-electron chi connectivity index (χ2n) is 2.81. The Hall–Kier alpha value is -0.420. The highest BCUT2D eigenvalue weighted by Gasteiger charge is 2.29. The van der Waals surface area contributed by atoms with Gasteiger partial charge in [0.2, 0.25) is 5.91 Å². The van der Waals surface area contributed by atoms with Crippen LogP contribution >= 0.6 is 0 Å². The van der Waals surface area contributed by atoms with E-state index in [1.54, 1.807) is 14.2 Å². The highest BCUT2D eigenvalue weighted by Crippen LogP contribution is 2.16. The van der Waals surface area contributed by atoms with Gasteiger partial charge in [-0.15, -0.1) is 0 Å². The summed E-state index contributed by atoms with van der Waals surface area (Å²) in [6, 6.07) is 0. The first-order valence-corrected chi connectivity index (χ1v) is 4.25. The molecule has 0 unspecified atom stereocenters. The third kappa shape index (κ3) is 3.44. The van der Waals surface area contributed by atoms with Crippen molar-refractivity contribution in [1.82, 2.24) is 5.32 Å². The molecule has 0 aromatic heterocycles. The molecule has 0 aliphatic carbocycles. The van der Waals surface area contributed by atoms with Crippen LogP contribution in [-0.4, -0.2) is 38.4 Å². The zero-order chi connectivity index (χ0) is 10.3. The van der Waals surface area contributed by atoms with E-state index in [1.807, 2.05) is 6.92 Å². The van der Waals surface area contributed by atoms with Crippen molar-refractivity contribution in [2.24, 2.45) is 0 Å². The Balaban J connectivity index is 4.14. The summed E-state index contributed by atoms with van der Waals surface area (Å²) < 4.78 is 10.4. The molecule has 0 saturated heterocycles. The van der Waals surface area contributed by atoms with Crippen LogP contribution in [0.25, 0.3) is 0 Å². The minimum absolute atomic E-state index is 0.146. The second-order valence-corrected chi connectivity index (χ2v) is 2.81. The summed E-state index contributed by atoms with van der Waals surface area (Å²) in [6.07, 6.45) is 0.655. The van der Waals surface area contributed by atoms with Crippen molar-refractivity contribution in [3.05, 3.63) is 12.2 Å². The molecule has 0 aliphatic rings. The summed E-state index contributed by atoms with van der Waals surface area (Å²) >= 11 is 0. The largest absolute Gasteiger partial charge is 0.396 e. The topological polar surface area (TPSA) is 50.7 Å². The summed E-state index contributed by atoms with van der Waals surface area (Å²) in [6.45, 7) is 6.35. The third-order valence-electron chi connectivity index (χ3n) is 1.83. The van der Waals surface area contributed by atoms with Crippen LogP contribution < -0.4 is 5.32 Å². The Morgan fingerprint density at radius 1 is 1.46 bits per heavy atom. The maximum atomic E-state index is 8.60. The number of rotatable bonds is 7. The maximum Gasteiger partial charge on any atom is 0.250 e. The molecular weight excluding hydrogens is 170 g/mol. The Labute approximate surface area is 79.5 Å². The van der Waals surface area contributed by atoms with Crippen molar-refractivity contribution in [2.45, 2.75) is 19.3 Å². The Morgan fingerprint density at radius 3 is 2.31 bits per heavy atom. The van der Waals surface area contributed by atoms with Crippen LogP contribution in [0.3, 0.4) is 0 Å². The number of methoxy groups -OCH3 is 2. The van der Waals surface area contributed by atoms with Crippen LogP contribution in [0, 0.1) is 0 Å². The van der Waals surface area contributed by atoms with E-state index in [9.17, 15) is 0 Å². The van der Waals surface area contributed by atoms with Crippen LogP contribution in [0.4, 0.5) is 0 Å². The normalized spacial score (nSPS) is 11.7. The molecule has 13 heavy (non-hydrogen) atoms. The van der Waals surface area contributed by atoms with Gasteiger partial charge in [-0.25, -0.2) is 0 Å². The minimum atomic E-state index is -0.921. The molecule has 0 aliphatic heterocycles. The fraction of sp³-hybridized carbons (Fsp3) is 0.778. The van der Waals surface area contributed by atoms with E-state index in [2.05, 4.69) is 11.9 Å². The number of hydrogen-bond donors (Lipinski definition) is 2. The number of aliphatic hydroxyl groups excluding tert-OH is 1. The Kier molecular flexibility index (Phi) is 5.90. The van der Waals surface area contributed by atoms with Gasteiger partial charge in [-0.3, -0.25) is 5.32 Å². The Morgan fingerprint density at radius 2 is 2.00 bits per heavy atom. The van der Waals surface area contributed by atoms with Crippen molar-refractivity contribution >= 4 is 0 Å². The van der Waals surface area contributed by atoms with Crippen LogP contribution in [0.1, 0.15) is 13.3 Å². The smallest absolute Gasteiger partial charge is 0.250 e. The summed E-state index contributed by atoms with van der Waals surface area (Å²) in [5.41, 5.74) is 0.746. The second kappa shape index (κ2) is 6.10. The molecule has 0 saturated carbocycles. The lowest BCUT2D eigenvalue weighted by atomic mass is 10.2. The van der Waals surface area contributed by atoms with Gasteiger partial charge in [0.25, 0.3) is 0 Å². The lowest BCUT2D eigenvalue weighted by molar-refractivity contribution is -0.199. The van der Waals surface area contributed by atoms with Crippen molar-refractivity contribution in [2.75, 3.05) is 27.4 Å². The van der Waals surface area contributed by atoms with Gasteiger partial charge in [-0.05, 0) is 18.9 Å². The fourth-order valence-electron chi connectivity index (χ4n) is 1.06. The van der Waals surface area contributed by atoms with Gasteiger partial charge in [-0.1, -0.05) is 6.58 Å². The molecule has 0 aromatic carbocycles. The predicted octanol–water partition coefficient (Wildman–Crippen LogP) is 0.481. The van der Waals surface area contributed by atoms with E-state index >= 15 is 0 Å². The molecule has 0 heterocycles. The van der Waals surface area contributed by atoms with E-state index < -0.39 is 5.91 Å². The van der Waals surface area contributed by atoms with Crippen molar-refractivity contribution in [3.63, 3.8) is 0 Å². The molecule has 0 fully saturated rings. The van der Waals surface area contributed by atoms with Crippen molar-refractivity contribution in [3.8, 4) is 0 Å². The SMILES string of the molecule is C=C(C)C(NCCCO)(OC)OC. The van der Waals surface area contributed by atoms with E-state index in [4.69, 9.17) is 14.6 Å². The zero-order valence-corrected chi connectivity index (χ0v) is 8.59. The molecule has 0 spiro atoms. The van der Waals surface area contributed by atoms with Gasteiger partial charge in [0.15, 0.2) is 0 Å². The van der Waals surface area contributed by atoms with E-state index in [-0.39, 0.29) is 6.61 Å². The lowest BCUT2D eigenvalue weighted by Gasteiger charge is -2.32. The molecule has 0 radical (unpaired) electrons. The molecule has 0 rings (SSSR count). The van der Waals surface area contributed by atoms with Gasteiger partial charge < -0.3 is 14.6 Å². The molecule has 4 nitrogen and oxygen atoms in total. The molecule has 0 amide bonds. The minimum Gasteiger partial charge on any atom is -0.396 e. The van der Waals surface area contributed by atoms with E-state index in [0.29, 0.717) is 13.0 Å². The number of hydrogen-bond acceptors (Lipinski definition) is 4. The van der Waals surface area contributed by atoms with Gasteiger partial charge in [0.1, 0.15) is 0 Å². The van der Waals surface area contributed by atoms with Gasteiger partial charge in [0, 0.05) is 27.4 Å². The standard InChI is InChI=1S/C9H19NO3/c1-8(2)9(12-3,13-4)10-6-5-7-11/h10-11H,1,5-7H2,2-4H3. The quantitative estimate of drug-likeness (QED) is 0.347. The first-order chi connectivity index (χ1) is 6.13. The molecule has 2 N–H and O–H groups in total. The molecule has 4 heteroatoms. The fourth-order valence-corrected chi connectivity index (χ4v) is 1.06. The Bertz CT molecular complexity index is 155. The van der Waals surface area contributed by atoms with Crippen LogP contribution in [0.5, 0.6) is 0 Å². The highest BCUT2D eigenvalue weighted by atomic mass is 16.7. The lowest BCUT2D eigenvalue weighted by Crippen LogP contribution is -2.50. The molecule has 78 valence electrons. The van der Waals surface area contributed by atoms with Crippen molar-refractivity contribution in [1.29, 1.82) is 0 Å². The predicted molar refractivity (Wildman–Crippen MR) is 51.3 cm³/mol. The van der Waals surface area contributed by atoms with Crippen LogP contribution in [-0.2, 0) is 9.47 Å². The van der Waals surface area contributed by atoms with Gasteiger partial charge in [0.05, 0.1) is 0 Å². The molecular formula is C9H19NO3. The summed E-state index contributed by atoms with van der Waals surface area (Å²) in [5.74, 6) is -0.921. The van der Waals surface area contributed by atoms with Gasteiger partial charge in [-0.2, -0.15) is 0 Å². The number of nitrogens with one attached hydrogen (secondary N) is 1. The average Bonchev–Trinajstić information content (AvgIpc) is 2.13. The monoisotopic (exact) mass is 189 g/mol.